The molecule has 7 nitrogen and oxygen atoms in total. The molecule has 2 aliphatic heterocycles. The molecule has 4 rings (SSSR count). The Labute approximate surface area is 206 Å². The van der Waals surface area contributed by atoms with Crippen molar-refractivity contribution < 1.29 is 19.1 Å². The highest BCUT2D eigenvalue weighted by molar-refractivity contribution is 9.10. The van der Waals surface area contributed by atoms with Gasteiger partial charge in [-0.05, 0) is 81.5 Å². The second kappa shape index (κ2) is 8.89. The van der Waals surface area contributed by atoms with Crippen LogP contribution in [-0.2, 0) is 16.1 Å². The van der Waals surface area contributed by atoms with Crippen molar-refractivity contribution >= 4 is 49.4 Å². The van der Waals surface area contributed by atoms with Crippen LogP contribution in [0.5, 0.6) is 0 Å². The highest BCUT2D eigenvalue weighted by Crippen LogP contribution is 2.42. The molecule has 170 valence electrons. The lowest BCUT2D eigenvalue weighted by Gasteiger charge is -2.46. The minimum Gasteiger partial charge on any atom is -0.509 e. The number of fused-ring (bicyclic) bond motifs is 1. The lowest BCUT2D eigenvalue weighted by Crippen LogP contribution is -2.60. The Hall–Kier alpha value is -2.74. The number of anilines is 1. The number of amides is 2. The van der Waals surface area contributed by atoms with Gasteiger partial charge in [0, 0.05) is 16.7 Å². The van der Waals surface area contributed by atoms with E-state index in [2.05, 4.69) is 37.2 Å². The van der Waals surface area contributed by atoms with Gasteiger partial charge in [-0.1, -0.05) is 12.1 Å². The fraction of sp³-hybridized carbons (Fsp3) is 0.261. The Kier molecular flexibility index (Phi) is 6.31. The molecule has 2 aliphatic rings. The summed E-state index contributed by atoms with van der Waals surface area (Å²) in [4.78, 5) is 26.6. The maximum Gasteiger partial charge on any atom is 0.277 e. The molecule has 0 unspecified atom stereocenters. The number of aliphatic hydroxyl groups excluding tert-OH is 1. The Morgan fingerprint density at radius 1 is 1.33 bits per heavy atom. The third-order valence-electron chi connectivity index (χ3n) is 6.01. The summed E-state index contributed by atoms with van der Waals surface area (Å²) in [6, 6.07) is 11.2. The summed E-state index contributed by atoms with van der Waals surface area (Å²) in [6.07, 6.45) is 1.25. The second-order valence-corrected chi connectivity index (χ2v) is 9.71. The fourth-order valence-corrected chi connectivity index (χ4v) is 4.99. The number of rotatable bonds is 4. The van der Waals surface area contributed by atoms with E-state index in [4.69, 9.17) is 0 Å². The number of carbonyl (C=O) groups excluding carboxylic acids is 2. The van der Waals surface area contributed by atoms with E-state index in [9.17, 15) is 24.3 Å². The van der Waals surface area contributed by atoms with Gasteiger partial charge in [0.1, 0.15) is 23.2 Å². The first-order valence-corrected chi connectivity index (χ1v) is 11.7. The van der Waals surface area contributed by atoms with Crippen LogP contribution < -0.4 is 5.32 Å². The first kappa shape index (κ1) is 23.4. The number of hydrazine groups is 1. The summed E-state index contributed by atoms with van der Waals surface area (Å²) in [6.45, 7) is 2.30. The Morgan fingerprint density at radius 3 is 2.82 bits per heavy atom. The molecule has 2 aromatic rings. The third kappa shape index (κ3) is 4.05. The molecule has 2 N–H and O–H groups in total. The zero-order valence-electron chi connectivity index (χ0n) is 17.5. The SMILES string of the molecule is C[C@]12CCCN1N(Cc1cccc(F)c1Br)C(=O)C(C(=O)Nc1ccc(Br)c(C#N)c1)=C2O. The lowest BCUT2D eigenvalue weighted by atomic mass is 9.90. The number of aliphatic hydroxyl groups is 1. The molecule has 0 saturated carbocycles. The van der Waals surface area contributed by atoms with Gasteiger partial charge in [0.25, 0.3) is 11.8 Å². The van der Waals surface area contributed by atoms with Crippen molar-refractivity contribution in [2.75, 3.05) is 11.9 Å². The third-order valence-corrected chi connectivity index (χ3v) is 7.59. The topological polar surface area (TPSA) is 96.7 Å². The molecule has 0 aliphatic carbocycles. The zero-order valence-corrected chi connectivity index (χ0v) is 20.7. The number of carbonyl (C=O) groups is 2. The molecular formula is C23H19Br2FN4O3. The van der Waals surface area contributed by atoms with E-state index in [1.165, 1.54) is 17.1 Å². The molecule has 1 atom stereocenters. The van der Waals surface area contributed by atoms with Crippen LogP contribution >= 0.6 is 31.9 Å². The number of nitrogens with one attached hydrogen (secondary N) is 1. The summed E-state index contributed by atoms with van der Waals surface area (Å²) < 4.78 is 14.9. The van der Waals surface area contributed by atoms with Crippen molar-refractivity contribution in [2.24, 2.45) is 0 Å². The molecule has 2 amide bonds. The number of hydrogen-bond donors (Lipinski definition) is 2. The van der Waals surface area contributed by atoms with Gasteiger partial charge in [-0.25, -0.2) is 9.40 Å². The van der Waals surface area contributed by atoms with E-state index in [0.717, 1.165) is 0 Å². The molecule has 33 heavy (non-hydrogen) atoms. The van der Waals surface area contributed by atoms with Gasteiger partial charge >= 0.3 is 0 Å². The number of halogens is 3. The number of benzene rings is 2. The van der Waals surface area contributed by atoms with Gasteiger partial charge < -0.3 is 10.4 Å². The highest BCUT2D eigenvalue weighted by atomic mass is 79.9. The van der Waals surface area contributed by atoms with Crippen molar-refractivity contribution in [3.63, 3.8) is 0 Å². The quantitative estimate of drug-likeness (QED) is 0.510. The predicted molar refractivity (Wildman–Crippen MR) is 126 cm³/mol. The minimum atomic E-state index is -0.947. The predicted octanol–water partition coefficient (Wildman–Crippen LogP) is 4.78. The average molecular weight is 578 g/mol. The highest BCUT2D eigenvalue weighted by Gasteiger charge is 2.52. The molecule has 0 radical (unpaired) electrons. The smallest absolute Gasteiger partial charge is 0.277 e. The Morgan fingerprint density at radius 2 is 2.09 bits per heavy atom. The summed E-state index contributed by atoms with van der Waals surface area (Å²) in [5.41, 5.74) is -0.161. The zero-order chi connectivity index (χ0) is 23.9. The lowest BCUT2D eigenvalue weighted by molar-refractivity contribution is -0.160. The molecule has 1 fully saturated rings. The van der Waals surface area contributed by atoms with Crippen molar-refractivity contribution in [3.05, 3.63) is 73.6 Å². The van der Waals surface area contributed by atoms with Crippen LogP contribution in [0.1, 0.15) is 30.9 Å². The van der Waals surface area contributed by atoms with Gasteiger partial charge in [0.2, 0.25) is 0 Å². The van der Waals surface area contributed by atoms with Crippen LogP contribution in [-0.4, -0.2) is 39.0 Å². The van der Waals surface area contributed by atoms with Crippen LogP contribution in [0.15, 0.2) is 56.7 Å². The monoisotopic (exact) mass is 576 g/mol. The first-order valence-electron chi connectivity index (χ1n) is 10.1. The molecule has 2 heterocycles. The standard InChI is InChI=1S/C23H19Br2FN4O3/c1-23-8-3-9-30(23)29(12-13-4-2-5-17(26)19(13)25)22(33)18(20(23)31)21(32)28-15-6-7-16(24)14(10-15)11-27/h2,4-7,10,31H,3,8-9,12H2,1H3,(H,28,32)/t23-/m1/s1. The van der Waals surface area contributed by atoms with Crippen molar-refractivity contribution in [1.29, 1.82) is 5.26 Å². The molecular weight excluding hydrogens is 559 g/mol. The van der Waals surface area contributed by atoms with Crippen molar-refractivity contribution in [2.45, 2.75) is 31.8 Å². The average Bonchev–Trinajstić information content (AvgIpc) is 3.18. The number of nitrogens with zero attached hydrogens (tertiary/aromatic N) is 3. The second-order valence-electron chi connectivity index (χ2n) is 8.06. The van der Waals surface area contributed by atoms with Crippen molar-refractivity contribution in [1.82, 2.24) is 10.0 Å². The van der Waals surface area contributed by atoms with Gasteiger partial charge in [0.15, 0.2) is 0 Å². The Balaban J connectivity index is 1.71. The van der Waals surface area contributed by atoms with E-state index in [1.807, 2.05) is 6.07 Å². The van der Waals surface area contributed by atoms with E-state index >= 15 is 0 Å². The van der Waals surface area contributed by atoms with Crippen LogP contribution in [0.2, 0.25) is 0 Å². The Bertz CT molecular complexity index is 1240. The normalized spacial score (nSPS) is 20.6. The minimum absolute atomic E-state index is 0.0215. The molecule has 10 heteroatoms. The molecule has 0 aromatic heterocycles. The van der Waals surface area contributed by atoms with E-state index in [0.29, 0.717) is 40.7 Å². The molecule has 0 bridgehead atoms. The summed E-state index contributed by atoms with van der Waals surface area (Å²) in [7, 11) is 0. The van der Waals surface area contributed by atoms with Gasteiger partial charge in [-0.2, -0.15) is 5.26 Å². The van der Waals surface area contributed by atoms with Gasteiger partial charge in [-0.3, -0.25) is 14.6 Å². The summed E-state index contributed by atoms with van der Waals surface area (Å²) in [5, 5.41) is 26.0. The van der Waals surface area contributed by atoms with Crippen molar-refractivity contribution in [3.8, 4) is 6.07 Å². The summed E-state index contributed by atoms with van der Waals surface area (Å²) >= 11 is 6.49. The maximum absolute atomic E-state index is 14.1. The van der Waals surface area contributed by atoms with Crippen LogP contribution in [0.25, 0.3) is 0 Å². The van der Waals surface area contributed by atoms with Crippen LogP contribution in [0.4, 0.5) is 10.1 Å². The van der Waals surface area contributed by atoms with Crippen LogP contribution in [0.3, 0.4) is 0 Å². The maximum atomic E-state index is 14.1. The van der Waals surface area contributed by atoms with E-state index in [-0.39, 0.29) is 22.3 Å². The fourth-order valence-electron chi connectivity index (χ4n) is 4.26. The van der Waals surface area contributed by atoms with E-state index < -0.39 is 23.2 Å². The molecule has 1 saturated heterocycles. The largest absolute Gasteiger partial charge is 0.509 e. The first-order chi connectivity index (χ1) is 15.7. The van der Waals surface area contributed by atoms with Gasteiger partial charge in [0.05, 0.1) is 22.1 Å². The van der Waals surface area contributed by atoms with E-state index in [1.54, 1.807) is 36.2 Å². The summed E-state index contributed by atoms with van der Waals surface area (Å²) in [5.74, 6) is -2.21. The molecule has 0 spiro atoms. The van der Waals surface area contributed by atoms with Crippen LogP contribution in [0, 0.1) is 17.1 Å². The number of hydrogen-bond acceptors (Lipinski definition) is 5. The number of nitriles is 1. The molecule has 2 aromatic carbocycles. The van der Waals surface area contributed by atoms with Gasteiger partial charge in [-0.15, -0.1) is 0 Å².